The van der Waals surface area contributed by atoms with Gasteiger partial charge in [-0.3, -0.25) is 9.78 Å². The van der Waals surface area contributed by atoms with Crippen LogP contribution in [0.3, 0.4) is 0 Å². The summed E-state index contributed by atoms with van der Waals surface area (Å²) in [6.45, 7) is 2.70. The van der Waals surface area contributed by atoms with Crippen LogP contribution in [0.1, 0.15) is 24.6 Å². The first-order valence-electron chi connectivity index (χ1n) is 7.93. The lowest BCUT2D eigenvalue weighted by molar-refractivity contribution is -0.138. The van der Waals surface area contributed by atoms with Crippen molar-refractivity contribution in [2.75, 3.05) is 13.7 Å². The fraction of sp³-hybridized carbons (Fsp3) is 0.368. The zero-order valence-corrected chi connectivity index (χ0v) is 13.8. The number of carbonyl (C=O) groups excluding carboxylic acids is 1. The van der Waals surface area contributed by atoms with Gasteiger partial charge in [0.2, 0.25) is 5.91 Å². The molecule has 23 heavy (non-hydrogen) atoms. The number of ether oxygens (including phenoxy) is 1. The molecule has 0 N–H and O–H groups in total. The van der Waals surface area contributed by atoms with Gasteiger partial charge in [0, 0.05) is 19.3 Å². The maximum Gasteiger partial charge on any atom is 0.249 e. The maximum absolute atomic E-state index is 12.4. The van der Waals surface area contributed by atoms with Crippen molar-refractivity contribution in [3.8, 4) is 0 Å². The van der Waals surface area contributed by atoms with E-state index in [-0.39, 0.29) is 18.6 Å². The minimum absolute atomic E-state index is 0.00119. The fourth-order valence-electron chi connectivity index (χ4n) is 2.54. The lowest BCUT2D eigenvalue weighted by atomic mass is 10.0. The average molecular weight is 312 g/mol. The number of aryl methyl sites for hydroxylation is 1. The molecule has 0 aliphatic carbocycles. The minimum Gasteiger partial charge on any atom is -0.375 e. The van der Waals surface area contributed by atoms with Gasteiger partial charge >= 0.3 is 0 Å². The molecule has 122 valence electrons. The summed E-state index contributed by atoms with van der Waals surface area (Å²) in [7, 11) is 1.55. The van der Waals surface area contributed by atoms with Crippen LogP contribution in [0.2, 0.25) is 0 Å². The van der Waals surface area contributed by atoms with Crippen molar-refractivity contribution >= 4 is 5.91 Å². The van der Waals surface area contributed by atoms with Crippen LogP contribution in [0.4, 0.5) is 0 Å². The van der Waals surface area contributed by atoms with Gasteiger partial charge in [-0.1, -0.05) is 36.4 Å². The lowest BCUT2D eigenvalue weighted by Gasteiger charge is -2.29. The molecule has 0 unspecified atom stereocenters. The summed E-state index contributed by atoms with van der Waals surface area (Å²) in [6, 6.07) is 16.2. The monoisotopic (exact) mass is 312 g/mol. The molecule has 1 aromatic carbocycles. The van der Waals surface area contributed by atoms with Gasteiger partial charge in [0.1, 0.15) is 6.61 Å². The largest absolute Gasteiger partial charge is 0.375 e. The molecule has 0 saturated heterocycles. The van der Waals surface area contributed by atoms with Gasteiger partial charge in [0.15, 0.2) is 0 Å². The summed E-state index contributed by atoms with van der Waals surface area (Å²) in [5.74, 6) is -0.00119. The van der Waals surface area contributed by atoms with E-state index in [2.05, 4.69) is 24.0 Å². The van der Waals surface area contributed by atoms with E-state index in [0.717, 1.165) is 18.5 Å². The minimum atomic E-state index is -0.00119. The number of hydrogen-bond donors (Lipinski definition) is 0. The Morgan fingerprint density at radius 1 is 1.17 bits per heavy atom. The molecule has 0 bridgehead atoms. The fourth-order valence-corrected chi connectivity index (χ4v) is 2.54. The van der Waals surface area contributed by atoms with Crippen LogP contribution in [-0.4, -0.2) is 35.5 Å². The second kappa shape index (κ2) is 9.06. The molecule has 1 aromatic heterocycles. The predicted octanol–water partition coefficient (Wildman–Crippen LogP) is 3.08. The molecule has 2 rings (SSSR count). The lowest BCUT2D eigenvalue weighted by Crippen LogP contribution is -2.40. The molecular formula is C19H24N2O2. The molecule has 0 aliphatic heterocycles. The standard InChI is InChI=1S/C19H24N2O2/c1-16(11-12-17-8-4-3-5-9-17)21(19(22)15-23-2)14-18-10-6-7-13-20-18/h3-10,13,16H,11-12,14-15H2,1-2H3/t16-/m1/s1. The Kier molecular flexibility index (Phi) is 6.76. The third kappa shape index (κ3) is 5.49. The van der Waals surface area contributed by atoms with Crippen molar-refractivity contribution in [3.05, 3.63) is 66.0 Å². The highest BCUT2D eigenvalue weighted by Gasteiger charge is 2.20. The van der Waals surface area contributed by atoms with Crippen LogP contribution < -0.4 is 0 Å². The second-order valence-electron chi connectivity index (χ2n) is 5.65. The molecule has 1 atom stereocenters. The summed E-state index contributed by atoms with van der Waals surface area (Å²) in [4.78, 5) is 18.6. The first-order valence-corrected chi connectivity index (χ1v) is 7.93. The summed E-state index contributed by atoms with van der Waals surface area (Å²) >= 11 is 0. The van der Waals surface area contributed by atoms with Crippen molar-refractivity contribution in [3.63, 3.8) is 0 Å². The summed E-state index contributed by atoms with van der Waals surface area (Å²) in [6.07, 6.45) is 3.61. The third-order valence-corrected chi connectivity index (χ3v) is 3.87. The van der Waals surface area contributed by atoms with Gasteiger partial charge in [-0.25, -0.2) is 0 Å². The molecule has 4 nitrogen and oxygen atoms in total. The first-order chi connectivity index (χ1) is 11.2. The van der Waals surface area contributed by atoms with Crippen molar-refractivity contribution in [1.82, 2.24) is 9.88 Å². The highest BCUT2D eigenvalue weighted by molar-refractivity contribution is 5.77. The van der Waals surface area contributed by atoms with Gasteiger partial charge < -0.3 is 9.64 Å². The SMILES string of the molecule is COCC(=O)N(Cc1ccccn1)[C@H](C)CCc1ccccc1. The molecule has 4 heteroatoms. The van der Waals surface area contributed by atoms with Gasteiger partial charge in [0.05, 0.1) is 12.2 Å². The van der Waals surface area contributed by atoms with Crippen LogP contribution in [0.15, 0.2) is 54.7 Å². The zero-order chi connectivity index (χ0) is 16.5. The number of aromatic nitrogens is 1. The van der Waals surface area contributed by atoms with Crippen molar-refractivity contribution in [2.24, 2.45) is 0 Å². The molecule has 0 radical (unpaired) electrons. The van der Waals surface area contributed by atoms with Gasteiger partial charge in [-0.15, -0.1) is 0 Å². The number of benzene rings is 1. The maximum atomic E-state index is 12.4. The number of methoxy groups -OCH3 is 1. The van der Waals surface area contributed by atoms with E-state index in [9.17, 15) is 4.79 Å². The van der Waals surface area contributed by atoms with Crippen LogP contribution in [0.25, 0.3) is 0 Å². The van der Waals surface area contributed by atoms with Gasteiger partial charge in [-0.05, 0) is 37.5 Å². The normalized spacial score (nSPS) is 11.9. The topological polar surface area (TPSA) is 42.4 Å². The Morgan fingerprint density at radius 3 is 2.57 bits per heavy atom. The van der Waals surface area contributed by atoms with E-state index in [1.165, 1.54) is 5.56 Å². The smallest absolute Gasteiger partial charge is 0.249 e. The first kappa shape index (κ1) is 17.2. The van der Waals surface area contributed by atoms with E-state index in [1.807, 2.05) is 41.3 Å². The molecule has 0 saturated carbocycles. The van der Waals surface area contributed by atoms with Crippen LogP contribution in [0.5, 0.6) is 0 Å². The molecule has 2 aromatic rings. The van der Waals surface area contributed by atoms with Crippen LogP contribution in [-0.2, 0) is 22.5 Å². The molecule has 0 spiro atoms. The zero-order valence-electron chi connectivity index (χ0n) is 13.8. The van der Waals surface area contributed by atoms with Crippen LogP contribution >= 0.6 is 0 Å². The molecule has 1 heterocycles. The van der Waals surface area contributed by atoms with Gasteiger partial charge in [0.25, 0.3) is 0 Å². The highest BCUT2D eigenvalue weighted by Crippen LogP contribution is 2.13. The van der Waals surface area contributed by atoms with E-state index in [0.29, 0.717) is 6.54 Å². The van der Waals surface area contributed by atoms with Crippen molar-refractivity contribution in [1.29, 1.82) is 0 Å². The molecule has 1 amide bonds. The van der Waals surface area contributed by atoms with E-state index >= 15 is 0 Å². The average Bonchev–Trinajstić information content (AvgIpc) is 2.59. The van der Waals surface area contributed by atoms with Gasteiger partial charge in [-0.2, -0.15) is 0 Å². The quantitative estimate of drug-likeness (QED) is 0.752. The number of nitrogens with zero attached hydrogens (tertiary/aromatic N) is 2. The summed E-state index contributed by atoms with van der Waals surface area (Å²) < 4.78 is 5.02. The summed E-state index contributed by atoms with van der Waals surface area (Å²) in [5, 5.41) is 0. The molecular weight excluding hydrogens is 288 g/mol. The number of pyridine rings is 1. The number of carbonyl (C=O) groups is 1. The van der Waals surface area contributed by atoms with Crippen LogP contribution in [0, 0.1) is 0 Å². The van der Waals surface area contributed by atoms with Crippen molar-refractivity contribution in [2.45, 2.75) is 32.4 Å². The van der Waals surface area contributed by atoms with E-state index < -0.39 is 0 Å². The van der Waals surface area contributed by atoms with E-state index in [4.69, 9.17) is 4.74 Å². The number of rotatable bonds is 8. The van der Waals surface area contributed by atoms with Crippen molar-refractivity contribution < 1.29 is 9.53 Å². The summed E-state index contributed by atoms with van der Waals surface area (Å²) in [5.41, 5.74) is 2.18. The Bertz CT molecular complexity index is 587. The molecule has 0 fully saturated rings. The molecule has 0 aliphatic rings. The Labute approximate surface area is 138 Å². The number of amides is 1. The number of hydrogen-bond acceptors (Lipinski definition) is 3. The second-order valence-corrected chi connectivity index (χ2v) is 5.65. The Morgan fingerprint density at radius 2 is 1.91 bits per heavy atom. The Hall–Kier alpha value is -2.20. The van der Waals surface area contributed by atoms with E-state index in [1.54, 1.807) is 13.3 Å². The highest BCUT2D eigenvalue weighted by atomic mass is 16.5. The third-order valence-electron chi connectivity index (χ3n) is 3.87. The predicted molar refractivity (Wildman–Crippen MR) is 90.9 cm³/mol. The Balaban J connectivity index is 2.01.